The van der Waals surface area contributed by atoms with E-state index in [0.717, 1.165) is 11.1 Å². The summed E-state index contributed by atoms with van der Waals surface area (Å²) in [5, 5.41) is 18.6. The maximum Gasteiger partial charge on any atom is 0.349 e. The number of anilines is 1. The molecule has 0 aliphatic carbocycles. The van der Waals surface area contributed by atoms with Crippen LogP contribution in [0.2, 0.25) is 0 Å². The Bertz CT molecular complexity index is 1600. The van der Waals surface area contributed by atoms with Crippen molar-refractivity contribution in [2.24, 2.45) is 7.05 Å². The second-order valence-corrected chi connectivity index (χ2v) is 9.18. The second kappa shape index (κ2) is 9.81. The van der Waals surface area contributed by atoms with Crippen molar-refractivity contribution >= 4 is 16.9 Å². The zero-order chi connectivity index (χ0) is 26.1. The van der Waals surface area contributed by atoms with Gasteiger partial charge in [0.05, 0.1) is 23.2 Å². The van der Waals surface area contributed by atoms with Crippen molar-refractivity contribution in [2.75, 3.05) is 24.5 Å². The summed E-state index contributed by atoms with van der Waals surface area (Å²) in [4.78, 5) is 25.8. The number of halogens is 1. The zero-order valence-electron chi connectivity index (χ0n) is 20.5. The molecule has 4 aromatic rings. The number of rotatable bonds is 4. The van der Waals surface area contributed by atoms with E-state index in [2.05, 4.69) is 38.8 Å². The number of benzene rings is 2. The molecule has 1 aliphatic rings. The Morgan fingerprint density at radius 1 is 0.946 bits per heavy atom. The maximum atomic E-state index is 13.7. The van der Waals surface area contributed by atoms with Crippen LogP contribution in [-0.4, -0.2) is 45.1 Å². The number of fused-ring (bicyclic) bond motifs is 1. The lowest BCUT2D eigenvalue weighted by Gasteiger charge is -2.44. The van der Waals surface area contributed by atoms with Crippen LogP contribution in [0.4, 0.5) is 10.2 Å². The second-order valence-electron chi connectivity index (χ2n) is 9.18. The minimum absolute atomic E-state index is 0.0366. The molecule has 0 radical (unpaired) electrons. The zero-order valence-corrected chi connectivity index (χ0v) is 20.5. The molecule has 2 unspecified atom stereocenters. The molecular weight excluding hydrogens is 469 g/mol. The van der Waals surface area contributed by atoms with E-state index in [1.165, 1.54) is 16.7 Å². The Morgan fingerprint density at radius 3 is 2.24 bits per heavy atom. The predicted octanol–water partition coefficient (Wildman–Crippen LogP) is 3.51. The first kappa shape index (κ1) is 24.1. The fourth-order valence-electron chi connectivity index (χ4n) is 5.01. The molecule has 2 aromatic carbocycles. The van der Waals surface area contributed by atoms with Gasteiger partial charge in [0, 0.05) is 32.7 Å². The van der Waals surface area contributed by atoms with Crippen LogP contribution in [0.15, 0.2) is 65.5 Å². The fraction of sp³-hybridized carbons (Fsp3) is 0.250. The molecule has 9 heteroatoms. The van der Waals surface area contributed by atoms with Crippen molar-refractivity contribution in [1.82, 2.24) is 19.4 Å². The van der Waals surface area contributed by atoms with Gasteiger partial charge in [-0.15, -0.1) is 0 Å². The highest BCUT2D eigenvalue weighted by Crippen LogP contribution is 2.33. The maximum absolute atomic E-state index is 13.7. The van der Waals surface area contributed by atoms with Gasteiger partial charge in [0.25, 0.3) is 0 Å². The summed E-state index contributed by atoms with van der Waals surface area (Å²) in [6, 6.07) is 21.3. The number of hydrogen-bond donors (Lipinski definition) is 0. The average Bonchev–Trinajstić information content (AvgIpc) is 2.92. The molecule has 1 saturated heterocycles. The van der Waals surface area contributed by atoms with E-state index in [0.29, 0.717) is 42.0 Å². The topological polar surface area (TPSA) is 102 Å². The standard InChI is InChI=1S/C28H24FN7O/c1-18-17-35(26(21-7-9-22(29)10-8-21)20-5-3-19(15-30)4-6-20)13-14-36(18)27-25-24(34(2)28(37)33-27)12-11-23(16-31)32-25/h3-12,18,26H,13-14,17H2,1-2H3. The highest BCUT2D eigenvalue weighted by molar-refractivity contribution is 5.86. The molecule has 0 amide bonds. The molecule has 3 heterocycles. The lowest BCUT2D eigenvalue weighted by Crippen LogP contribution is -2.53. The lowest BCUT2D eigenvalue weighted by atomic mass is 9.94. The first-order valence-corrected chi connectivity index (χ1v) is 11.9. The van der Waals surface area contributed by atoms with Gasteiger partial charge in [-0.3, -0.25) is 9.47 Å². The molecule has 5 rings (SSSR count). The van der Waals surface area contributed by atoms with E-state index in [9.17, 15) is 19.7 Å². The number of aryl methyl sites for hydroxylation is 1. The fourth-order valence-corrected chi connectivity index (χ4v) is 5.01. The third-order valence-electron chi connectivity index (χ3n) is 6.89. The number of pyridine rings is 1. The van der Waals surface area contributed by atoms with E-state index in [1.54, 1.807) is 43.4 Å². The van der Waals surface area contributed by atoms with Gasteiger partial charge in [0.2, 0.25) is 0 Å². The minimum atomic E-state index is -0.384. The van der Waals surface area contributed by atoms with Crippen LogP contribution in [0.5, 0.6) is 0 Å². The summed E-state index contributed by atoms with van der Waals surface area (Å²) in [6.45, 7) is 3.91. The van der Waals surface area contributed by atoms with Crippen LogP contribution in [0.25, 0.3) is 11.0 Å². The highest BCUT2D eigenvalue weighted by atomic mass is 19.1. The molecule has 2 atom stereocenters. The van der Waals surface area contributed by atoms with E-state index in [4.69, 9.17) is 0 Å². The van der Waals surface area contributed by atoms with Gasteiger partial charge in [-0.05, 0) is 54.4 Å². The summed E-state index contributed by atoms with van der Waals surface area (Å²) in [5.41, 5.74) is 3.54. The Hall–Kier alpha value is -4.60. The van der Waals surface area contributed by atoms with Gasteiger partial charge in [-0.1, -0.05) is 24.3 Å². The summed E-state index contributed by atoms with van der Waals surface area (Å²) in [7, 11) is 1.64. The van der Waals surface area contributed by atoms with Crippen molar-refractivity contribution < 1.29 is 4.39 Å². The summed E-state index contributed by atoms with van der Waals surface area (Å²) >= 11 is 0. The smallest absolute Gasteiger partial charge is 0.349 e. The van der Waals surface area contributed by atoms with E-state index in [1.807, 2.05) is 12.1 Å². The molecule has 2 aromatic heterocycles. The molecule has 37 heavy (non-hydrogen) atoms. The number of piperazine rings is 1. The van der Waals surface area contributed by atoms with Crippen molar-refractivity contribution in [3.05, 3.63) is 99.3 Å². The molecule has 0 N–H and O–H groups in total. The number of hydrogen-bond acceptors (Lipinski definition) is 7. The molecule has 0 saturated carbocycles. The Labute approximate surface area is 213 Å². The van der Waals surface area contributed by atoms with Crippen LogP contribution in [-0.2, 0) is 7.05 Å². The summed E-state index contributed by atoms with van der Waals surface area (Å²) in [5.74, 6) is 0.174. The molecule has 8 nitrogen and oxygen atoms in total. The van der Waals surface area contributed by atoms with Gasteiger partial charge in [0.1, 0.15) is 23.1 Å². The Morgan fingerprint density at radius 2 is 1.62 bits per heavy atom. The first-order chi connectivity index (χ1) is 17.9. The quantitative estimate of drug-likeness (QED) is 0.429. The number of nitriles is 2. The molecule has 1 fully saturated rings. The highest BCUT2D eigenvalue weighted by Gasteiger charge is 2.32. The van der Waals surface area contributed by atoms with Gasteiger partial charge in [0.15, 0.2) is 5.82 Å². The molecule has 0 spiro atoms. The third kappa shape index (κ3) is 4.53. The lowest BCUT2D eigenvalue weighted by molar-refractivity contribution is 0.187. The average molecular weight is 494 g/mol. The molecular formula is C28H24FN7O. The Kier molecular flexibility index (Phi) is 6.39. The van der Waals surface area contributed by atoms with Gasteiger partial charge >= 0.3 is 5.69 Å². The predicted molar refractivity (Wildman–Crippen MR) is 137 cm³/mol. The monoisotopic (exact) mass is 493 g/mol. The number of aromatic nitrogens is 3. The van der Waals surface area contributed by atoms with E-state index >= 15 is 0 Å². The van der Waals surface area contributed by atoms with Gasteiger partial charge < -0.3 is 4.90 Å². The van der Waals surface area contributed by atoms with Crippen LogP contribution in [0.1, 0.15) is 35.3 Å². The van der Waals surface area contributed by atoms with Crippen LogP contribution >= 0.6 is 0 Å². The van der Waals surface area contributed by atoms with Gasteiger partial charge in [-0.2, -0.15) is 15.5 Å². The van der Waals surface area contributed by atoms with Crippen LogP contribution in [0, 0.1) is 28.5 Å². The van der Waals surface area contributed by atoms with E-state index in [-0.39, 0.29) is 29.3 Å². The van der Waals surface area contributed by atoms with Crippen molar-refractivity contribution in [3.8, 4) is 12.1 Å². The van der Waals surface area contributed by atoms with Crippen molar-refractivity contribution in [3.63, 3.8) is 0 Å². The SMILES string of the molecule is CC1CN(C(c2ccc(F)cc2)c2ccc(C#N)cc2)CCN1c1nc(=O)n(C)c2ccc(C#N)nc12. The van der Waals surface area contributed by atoms with Crippen molar-refractivity contribution in [1.29, 1.82) is 10.5 Å². The van der Waals surface area contributed by atoms with E-state index < -0.39 is 0 Å². The first-order valence-electron chi connectivity index (χ1n) is 11.9. The Balaban J connectivity index is 1.51. The van der Waals surface area contributed by atoms with Crippen molar-refractivity contribution in [2.45, 2.75) is 19.0 Å². The largest absolute Gasteiger partial charge is 0.349 e. The molecule has 1 aliphatic heterocycles. The molecule has 184 valence electrons. The summed E-state index contributed by atoms with van der Waals surface area (Å²) in [6.07, 6.45) is 0. The van der Waals surface area contributed by atoms with Gasteiger partial charge in [-0.25, -0.2) is 14.2 Å². The van der Waals surface area contributed by atoms with Crippen LogP contribution < -0.4 is 10.6 Å². The minimum Gasteiger partial charge on any atom is -0.349 e. The number of nitrogens with zero attached hydrogens (tertiary/aromatic N) is 7. The summed E-state index contributed by atoms with van der Waals surface area (Å²) < 4.78 is 15.2. The van der Waals surface area contributed by atoms with Crippen LogP contribution in [0.3, 0.4) is 0 Å². The normalized spacial score (nSPS) is 16.8. The molecule has 0 bridgehead atoms. The third-order valence-corrected chi connectivity index (χ3v) is 6.89.